The Kier molecular flexibility index (Phi) is 2.85. The highest BCUT2D eigenvalue weighted by Crippen LogP contribution is 2.30. The lowest BCUT2D eigenvalue weighted by Gasteiger charge is -2.24. The van der Waals surface area contributed by atoms with Gasteiger partial charge in [0.15, 0.2) is 0 Å². The maximum atomic E-state index is 11.6. The Hall–Kier alpha value is -1.52. The van der Waals surface area contributed by atoms with Crippen molar-refractivity contribution in [2.45, 2.75) is 44.9 Å². The van der Waals surface area contributed by atoms with Crippen molar-refractivity contribution in [3.8, 4) is 0 Å². The Balaban J connectivity index is 1.95. The molecule has 0 aromatic carbocycles. The zero-order chi connectivity index (χ0) is 12.6. The molecule has 0 radical (unpaired) electrons. The van der Waals surface area contributed by atoms with Gasteiger partial charge in [-0.25, -0.2) is 4.79 Å². The first-order valence-electron chi connectivity index (χ1n) is 5.73. The fourth-order valence-electron chi connectivity index (χ4n) is 2.01. The molecule has 1 heterocycles. The maximum absolute atomic E-state index is 11.6. The predicted molar refractivity (Wildman–Crippen MR) is 60.3 cm³/mol. The molecule has 0 aromatic heterocycles. The van der Waals surface area contributed by atoms with Crippen LogP contribution in [0.25, 0.3) is 0 Å². The van der Waals surface area contributed by atoms with Crippen LogP contribution in [-0.2, 0) is 14.3 Å². The van der Waals surface area contributed by atoms with Crippen LogP contribution < -0.4 is 5.32 Å². The number of hydrogen-bond donors (Lipinski definition) is 1. The smallest absolute Gasteiger partial charge is 0.408 e. The lowest BCUT2D eigenvalue weighted by Crippen LogP contribution is -2.43. The lowest BCUT2D eigenvalue weighted by molar-refractivity contribution is -0.142. The molecule has 1 saturated heterocycles. The number of rotatable bonds is 1. The SMILES string of the molecule is CC(C)(C)OC(=O)N[C@H]1C=C[C@@H]2C[C@H]1C(=O)O2. The van der Waals surface area contributed by atoms with E-state index in [2.05, 4.69) is 5.32 Å². The van der Waals surface area contributed by atoms with Gasteiger partial charge in [-0.15, -0.1) is 0 Å². The van der Waals surface area contributed by atoms with Crippen molar-refractivity contribution < 1.29 is 19.1 Å². The number of fused-ring (bicyclic) bond motifs is 2. The lowest BCUT2D eigenvalue weighted by atomic mass is 9.91. The summed E-state index contributed by atoms with van der Waals surface area (Å²) in [6.07, 6.45) is 3.61. The van der Waals surface area contributed by atoms with Crippen LogP contribution in [0, 0.1) is 5.92 Å². The zero-order valence-electron chi connectivity index (χ0n) is 10.2. The van der Waals surface area contributed by atoms with E-state index in [4.69, 9.17) is 9.47 Å². The first-order chi connectivity index (χ1) is 7.85. The summed E-state index contributed by atoms with van der Waals surface area (Å²) < 4.78 is 10.2. The highest BCUT2D eigenvalue weighted by atomic mass is 16.6. The average Bonchev–Trinajstić information content (AvgIpc) is 2.45. The van der Waals surface area contributed by atoms with E-state index < -0.39 is 11.7 Å². The Labute approximate surface area is 100 Å². The number of alkyl carbamates (subject to hydrolysis) is 1. The third kappa shape index (κ3) is 2.78. The summed E-state index contributed by atoms with van der Waals surface area (Å²) in [5, 5.41) is 2.68. The summed E-state index contributed by atoms with van der Waals surface area (Å²) in [4.78, 5) is 23.1. The summed E-state index contributed by atoms with van der Waals surface area (Å²) in [5.74, 6) is -0.529. The predicted octanol–water partition coefficient (Wildman–Crippen LogP) is 1.38. The minimum atomic E-state index is -0.540. The molecular weight excluding hydrogens is 222 g/mol. The first kappa shape index (κ1) is 12.0. The molecular formula is C12H17NO4. The molecule has 5 heteroatoms. The van der Waals surface area contributed by atoms with Crippen LogP contribution in [0.5, 0.6) is 0 Å². The van der Waals surface area contributed by atoms with Gasteiger partial charge in [-0.3, -0.25) is 4.79 Å². The van der Waals surface area contributed by atoms with Gasteiger partial charge in [-0.1, -0.05) is 6.08 Å². The molecule has 2 bridgehead atoms. The molecule has 1 N–H and O–H groups in total. The Morgan fingerprint density at radius 3 is 2.82 bits per heavy atom. The van der Waals surface area contributed by atoms with E-state index in [1.807, 2.05) is 6.08 Å². The molecule has 3 atom stereocenters. The third-order valence-electron chi connectivity index (χ3n) is 2.71. The minimum absolute atomic E-state index is 0.121. The second-order valence-corrected chi connectivity index (χ2v) is 5.37. The highest BCUT2D eigenvalue weighted by Gasteiger charge is 2.41. The molecule has 1 aliphatic heterocycles. The van der Waals surface area contributed by atoms with Gasteiger partial charge in [0.25, 0.3) is 0 Å². The van der Waals surface area contributed by atoms with Gasteiger partial charge in [0.1, 0.15) is 11.7 Å². The Bertz CT molecular complexity index is 369. The zero-order valence-corrected chi connectivity index (χ0v) is 10.2. The summed E-state index contributed by atoms with van der Waals surface area (Å²) >= 11 is 0. The molecule has 1 amide bonds. The van der Waals surface area contributed by atoms with Gasteiger partial charge >= 0.3 is 12.1 Å². The number of esters is 1. The van der Waals surface area contributed by atoms with Crippen molar-refractivity contribution in [2.75, 3.05) is 0 Å². The average molecular weight is 239 g/mol. The van der Waals surface area contributed by atoms with Gasteiger partial charge in [0, 0.05) is 6.42 Å². The van der Waals surface area contributed by atoms with Crippen LogP contribution in [0.15, 0.2) is 12.2 Å². The quantitative estimate of drug-likeness (QED) is 0.554. The van der Waals surface area contributed by atoms with E-state index >= 15 is 0 Å². The van der Waals surface area contributed by atoms with Crippen molar-refractivity contribution in [3.05, 3.63) is 12.2 Å². The number of carbonyl (C=O) groups excluding carboxylic acids is 2. The van der Waals surface area contributed by atoms with Gasteiger partial charge in [-0.05, 0) is 26.8 Å². The van der Waals surface area contributed by atoms with Crippen molar-refractivity contribution in [2.24, 2.45) is 5.92 Å². The Morgan fingerprint density at radius 2 is 2.18 bits per heavy atom. The standard InChI is InChI=1S/C12H17NO4/c1-12(2,3)17-11(15)13-9-5-4-7-6-8(9)10(14)16-7/h4-5,7-9H,6H2,1-3H3,(H,13,15)/t7-,8-,9+/m1/s1. The molecule has 0 aromatic rings. The first-order valence-corrected chi connectivity index (χ1v) is 5.73. The van der Waals surface area contributed by atoms with Crippen LogP contribution >= 0.6 is 0 Å². The maximum Gasteiger partial charge on any atom is 0.408 e. The number of nitrogens with one attached hydrogen (secondary N) is 1. The molecule has 1 fully saturated rings. The van der Waals surface area contributed by atoms with Crippen molar-refractivity contribution in [1.29, 1.82) is 0 Å². The molecule has 0 spiro atoms. The summed E-state index contributed by atoms with van der Waals surface area (Å²) in [6.45, 7) is 5.38. The number of amides is 1. The highest BCUT2D eigenvalue weighted by molar-refractivity contribution is 5.78. The number of carbonyl (C=O) groups is 2. The van der Waals surface area contributed by atoms with E-state index in [0.29, 0.717) is 6.42 Å². The van der Waals surface area contributed by atoms with Gasteiger partial charge < -0.3 is 14.8 Å². The van der Waals surface area contributed by atoms with Crippen molar-refractivity contribution in [3.63, 3.8) is 0 Å². The van der Waals surface area contributed by atoms with Gasteiger partial charge in [-0.2, -0.15) is 0 Å². The molecule has 5 nitrogen and oxygen atoms in total. The summed E-state index contributed by atoms with van der Waals surface area (Å²) in [6, 6.07) is -0.323. The van der Waals surface area contributed by atoms with E-state index in [1.54, 1.807) is 26.8 Å². The molecule has 2 rings (SSSR count). The molecule has 0 unspecified atom stereocenters. The number of hydrogen-bond acceptors (Lipinski definition) is 4. The molecule has 0 saturated carbocycles. The second kappa shape index (κ2) is 4.05. The second-order valence-electron chi connectivity index (χ2n) is 5.37. The largest absolute Gasteiger partial charge is 0.458 e. The third-order valence-corrected chi connectivity index (χ3v) is 2.71. The van der Waals surface area contributed by atoms with Crippen LogP contribution in [0.2, 0.25) is 0 Å². The van der Waals surface area contributed by atoms with E-state index in [0.717, 1.165) is 0 Å². The van der Waals surface area contributed by atoms with E-state index in [-0.39, 0.29) is 24.0 Å². The minimum Gasteiger partial charge on any atom is -0.458 e. The van der Waals surface area contributed by atoms with Crippen LogP contribution in [-0.4, -0.2) is 29.8 Å². The van der Waals surface area contributed by atoms with E-state index in [1.165, 1.54) is 0 Å². The van der Waals surface area contributed by atoms with Gasteiger partial charge in [0.2, 0.25) is 0 Å². The number of ether oxygens (including phenoxy) is 2. The fraction of sp³-hybridized carbons (Fsp3) is 0.667. The molecule has 94 valence electrons. The van der Waals surface area contributed by atoms with Crippen molar-refractivity contribution >= 4 is 12.1 Å². The monoisotopic (exact) mass is 239 g/mol. The summed E-state index contributed by atoms with van der Waals surface area (Å²) in [5.41, 5.74) is -0.540. The van der Waals surface area contributed by atoms with Crippen molar-refractivity contribution in [1.82, 2.24) is 5.32 Å². The molecule has 1 aliphatic carbocycles. The summed E-state index contributed by atoms with van der Waals surface area (Å²) in [7, 11) is 0. The fourth-order valence-corrected chi connectivity index (χ4v) is 2.01. The van der Waals surface area contributed by atoms with Crippen LogP contribution in [0.1, 0.15) is 27.2 Å². The normalized spacial score (nSPS) is 31.0. The van der Waals surface area contributed by atoms with Crippen LogP contribution in [0.4, 0.5) is 4.79 Å². The topological polar surface area (TPSA) is 64.6 Å². The van der Waals surface area contributed by atoms with Gasteiger partial charge in [0.05, 0.1) is 12.0 Å². The van der Waals surface area contributed by atoms with Crippen LogP contribution in [0.3, 0.4) is 0 Å². The van der Waals surface area contributed by atoms with E-state index in [9.17, 15) is 9.59 Å². The Morgan fingerprint density at radius 1 is 1.47 bits per heavy atom. The molecule has 17 heavy (non-hydrogen) atoms. The molecule has 2 aliphatic rings.